The fraction of sp³-hybridized carbons (Fsp3) is 0.333. The molecule has 1 atom stereocenters. The molecule has 1 aromatic carbocycles. The van der Waals surface area contributed by atoms with Gasteiger partial charge in [-0.1, -0.05) is 18.5 Å². The molecule has 0 aliphatic carbocycles. The summed E-state index contributed by atoms with van der Waals surface area (Å²) < 4.78 is 1.83. The molecule has 0 spiro atoms. The van der Waals surface area contributed by atoms with Gasteiger partial charge in [-0.25, -0.2) is 4.79 Å². The average molecular weight is 336 g/mol. The average Bonchev–Trinajstić information content (AvgIpc) is 2.88. The highest BCUT2D eigenvalue weighted by Gasteiger charge is 2.22. The molecule has 23 heavy (non-hydrogen) atoms. The summed E-state index contributed by atoms with van der Waals surface area (Å²) in [6.45, 7) is 3.92. The summed E-state index contributed by atoms with van der Waals surface area (Å²) in [5.41, 5.74) is 7.08. The number of benzene rings is 1. The number of aromatic nitrogens is 3. The van der Waals surface area contributed by atoms with Crippen molar-refractivity contribution in [2.45, 2.75) is 32.7 Å². The fourth-order valence-corrected chi connectivity index (χ4v) is 2.61. The van der Waals surface area contributed by atoms with Crippen LogP contribution in [0.25, 0.3) is 5.69 Å². The van der Waals surface area contributed by atoms with E-state index in [1.807, 2.05) is 17.6 Å². The first kappa shape index (κ1) is 17.1. The highest BCUT2D eigenvalue weighted by molar-refractivity contribution is 6.34. The molecule has 8 heteroatoms. The van der Waals surface area contributed by atoms with Crippen LogP contribution in [-0.2, 0) is 11.3 Å². The highest BCUT2D eigenvalue weighted by Crippen LogP contribution is 2.26. The second-order valence-electron chi connectivity index (χ2n) is 5.31. The van der Waals surface area contributed by atoms with Crippen LogP contribution in [-0.4, -0.2) is 31.6 Å². The van der Waals surface area contributed by atoms with Gasteiger partial charge in [0.1, 0.15) is 17.4 Å². The van der Waals surface area contributed by atoms with E-state index in [1.54, 1.807) is 19.1 Å². The van der Waals surface area contributed by atoms with Gasteiger partial charge in [0.15, 0.2) is 0 Å². The molecule has 0 aliphatic heterocycles. The van der Waals surface area contributed by atoms with Crippen LogP contribution in [0.2, 0.25) is 5.02 Å². The van der Waals surface area contributed by atoms with Gasteiger partial charge >= 0.3 is 5.97 Å². The maximum atomic E-state index is 10.9. The lowest BCUT2D eigenvalue weighted by molar-refractivity contribution is -0.129. The van der Waals surface area contributed by atoms with Crippen LogP contribution in [0.1, 0.15) is 36.5 Å². The summed E-state index contributed by atoms with van der Waals surface area (Å²) >= 11 is 6.01. The van der Waals surface area contributed by atoms with Gasteiger partial charge in [0, 0.05) is 23.9 Å². The monoisotopic (exact) mass is 335 g/mol. The molecule has 0 aliphatic rings. The number of rotatable bonds is 6. The number of nitrogens with zero attached hydrogens (tertiary/aromatic N) is 3. The van der Waals surface area contributed by atoms with E-state index in [2.05, 4.69) is 10.2 Å². The van der Waals surface area contributed by atoms with Crippen molar-refractivity contribution in [1.29, 1.82) is 5.41 Å². The van der Waals surface area contributed by atoms with E-state index in [0.717, 1.165) is 11.3 Å². The third-order valence-corrected chi connectivity index (χ3v) is 3.80. The summed E-state index contributed by atoms with van der Waals surface area (Å²) in [5.74, 6) is -0.258. The number of nitrogens with two attached hydrogens (primary N) is 1. The zero-order valence-electron chi connectivity index (χ0n) is 12.9. The van der Waals surface area contributed by atoms with Crippen molar-refractivity contribution in [3.8, 4) is 5.69 Å². The first-order valence-electron chi connectivity index (χ1n) is 7.06. The van der Waals surface area contributed by atoms with E-state index in [9.17, 15) is 4.79 Å². The van der Waals surface area contributed by atoms with Crippen molar-refractivity contribution in [3.05, 3.63) is 40.4 Å². The van der Waals surface area contributed by atoms with Gasteiger partial charge in [0.05, 0.1) is 5.69 Å². The van der Waals surface area contributed by atoms with Crippen LogP contribution in [0.15, 0.2) is 18.2 Å². The van der Waals surface area contributed by atoms with Crippen molar-refractivity contribution < 1.29 is 9.90 Å². The Morgan fingerprint density at radius 3 is 2.78 bits per heavy atom. The normalized spacial score (nSPS) is 12.2. The number of nitrogens with one attached hydrogen (secondary N) is 1. The van der Waals surface area contributed by atoms with E-state index >= 15 is 0 Å². The minimum atomic E-state index is -1.23. The van der Waals surface area contributed by atoms with Gasteiger partial charge in [-0.05, 0) is 30.7 Å². The first-order valence-corrected chi connectivity index (χ1v) is 7.44. The van der Waals surface area contributed by atoms with E-state index in [4.69, 9.17) is 27.9 Å². The molecule has 0 fully saturated rings. The Morgan fingerprint density at radius 2 is 2.17 bits per heavy atom. The number of hydrogen-bond acceptors (Lipinski definition) is 5. The van der Waals surface area contributed by atoms with E-state index in [-0.39, 0.29) is 18.1 Å². The summed E-state index contributed by atoms with van der Waals surface area (Å²) in [6, 6.07) is 5.37. The number of aryl methyl sites for hydroxylation is 1. The number of aliphatic carboxylic acids is 1. The molecule has 0 radical (unpaired) electrons. The molecule has 4 N–H and O–H groups in total. The van der Waals surface area contributed by atoms with Gasteiger partial charge < -0.3 is 10.8 Å². The smallest absolute Gasteiger partial charge is 0.349 e. The summed E-state index contributed by atoms with van der Waals surface area (Å²) in [7, 11) is 0. The predicted molar refractivity (Wildman–Crippen MR) is 87.4 cm³/mol. The molecule has 0 saturated carbocycles. The zero-order chi connectivity index (χ0) is 17.1. The van der Waals surface area contributed by atoms with Crippen molar-refractivity contribution in [1.82, 2.24) is 14.8 Å². The number of carboxylic acids is 1. The highest BCUT2D eigenvalue weighted by atomic mass is 35.5. The van der Waals surface area contributed by atoms with Gasteiger partial charge in [-0.2, -0.15) is 0 Å². The summed E-state index contributed by atoms with van der Waals surface area (Å²) in [6.07, 6.45) is 0.0685. The summed E-state index contributed by atoms with van der Waals surface area (Å²) in [5, 5.41) is 25.2. The number of carbonyl (C=O) groups is 1. The van der Waals surface area contributed by atoms with Crippen molar-refractivity contribution in [2.24, 2.45) is 5.73 Å². The van der Waals surface area contributed by atoms with E-state index in [1.165, 1.54) is 0 Å². The number of hydrogen-bond donors (Lipinski definition) is 3. The Labute approximate surface area is 138 Å². The quantitative estimate of drug-likeness (QED) is 0.700. The topological polar surface area (TPSA) is 118 Å². The lowest BCUT2D eigenvalue weighted by Gasteiger charge is -2.16. The molecule has 1 aromatic heterocycles. The Balaban J connectivity index is 2.47. The van der Waals surface area contributed by atoms with Crippen LogP contribution in [0.3, 0.4) is 0 Å². The van der Waals surface area contributed by atoms with Crippen molar-refractivity contribution in [3.63, 3.8) is 0 Å². The van der Waals surface area contributed by atoms with Crippen LogP contribution in [0, 0.1) is 12.3 Å². The summed E-state index contributed by atoms with van der Waals surface area (Å²) in [4.78, 5) is 10.9. The minimum absolute atomic E-state index is 0.0685. The first-order chi connectivity index (χ1) is 10.8. The van der Waals surface area contributed by atoms with Crippen LogP contribution in [0.5, 0.6) is 0 Å². The molecule has 0 saturated heterocycles. The SMILES string of the molecule is Cc1nnc(C(C)CC(=N)C(=O)O)n1-c1ccc(Cl)cc1CN. The maximum Gasteiger partial charge on any atom is 0.349 e. The number of carboxylic acid groups (broad SMARTS) is 1. The Morgan fingerprint density at radius 1 is 1.48 bits per heavy atom. The fourth-order valence-electron chi connectivity index (χ4n) is 2.42. The molecule has 1 heterocycles. The Bertz CT molecular complexity index is 756. The Kier molecular flexibility index (Phi) is 5.12. The van der Waals surface area contributed by atoms with E-state index < -0.39 is 5.97 Å². The van der Waals surface area contributed by atoms with Crippen LogP contribution in [0.4, 0.5) is 0 Å². The van der Waals surface area contributed by atoms with E-state index in [0.29, 0.717) is 23.2 Å². The number of halogens is 1. The molecular weight excluding hydrogens is 318 g/mol. The zero-order valence-corrected chi connectivity index (χ0v) is 13.6. The van der Waals surface area contributed by atoms with Gasteiger partial charge in [0.2, 0.25) is 0 Å². The third kappa shape index (κ3) is 3.57. The van der Waals surface area contributed by atoms with Crippen LogP contribution >= 0.6 is 11.6 Å². The molecule has 122 valence electrons. The van der Waals surface area contributed by atoms with Crippen molar-refractivity contribution >= 4 is 23.3 Å². The molecule has 2 rings (SSSR count). The molecule has 0 bridgehead atoms. The second-order valence-corrected chi connectivity index (χ2v) is 5.74. The predicted octanol–water partition coefficient (Wildman–Crippen LogP) is 2.29. The molecule has 7 nitrogen and oxygen atoms in total. The van der Waals surface area contributed by atoms with Crippen molar-refractivity contribution in [2.75, 3.05) is 0 Å². The lowest BCUT2D eigenvalue weighted by atomic mass is 10.0. The molecule has 1 unspecified atom stereocenters. The largest absolute Gasteiger partial charge is 0.477 e. The molecule has 0 amide bonds. The standard InChI is InChI=1S/C15H18ClN5O2/c1-8(5-12(18)15(22)23)14-20-19-9(2)21(14)13-4-3-11(16)6-10(13)7-17/h3-4,6,8,18H,5,7,17H2,1-2H3,(H,22,23). The second kappa shape index (κ2) is 6.89. The molecule has 2 aromatic rings. The maximum absolute atomic E-state index is 10.9. The van der Waals surface area contributed by atoms with Gasteiger partial charge in [-0.3, -0.25) is 9.98 Å². The third-order valence-electron chi connectivity index (χ3n) is 3.56. The van der Waals surface area contributed by atoms with Gasteiger partial charge in [0.25, 0.3) is 0 Å². The Hall–Kier alpha value is -2.25. The lowest BCUT2D eigenvalue weighted by Crippen LogP contribution is -2.17. The minimum Gasteiger partial charge on any atom is -0.477 e. The molecular formula is C15H18ClN5O2. The van der Waals surface area contributed by atoms with Crippen LogP contribution < -0.4 is 5.73 Å². The van der Waals surface area contributed by atoms with Gasteiger partial charge in [-0.15, -0.1) is 10.2 Å².